The average molecular weight is 424 g/mol. The highest BCUT2D eigenvalue weighted by molar-refractivity contribution is 5.61. The molecule has 0 aliphatic carbocycles. The van der Waals surface area contributed by atoms with Crippen molar-refractivity contribution >= 4 is 5.82 Å². The fourth-order valence-electron chi connectivity index (χ4n) is 4.53. The van der Waals surface area contributed by atoms with Gasteiger partial charge in [-0.1, -0.05) is 19.8 Å². The van der Waals surface area contributed by atoms with Crippen LogP contribution < -0.4 is 15.0 Å². The molecule has 0 bridgehead atoms. The fraction of sp³-hybridized carbons (Fsp3) is 0.600. The van der Waals surface area contributed by atoms with Crippen LogP contribution in [-0.2, 0) is 6.42 Å². The first-order valence-corrected chi connectivity index (χ1v) is 12.1. The van der Waals surface area contributed by atoms with Crippen molar-refractivity contribution in [3.05, 3.63) is 36.0 Å². The predicted molar refractivity (Wildman–Crippen MR) is 127 cm³/mol. The number of likely N-dealkylation sites (tertiary alicyclic amines) is 1. The number of nitrogens with zero attached hydrogens (tertiary/aromatic N) is 4. The number of likely N-dealkylation sites (N-methyl/N-ethyl adjacent to an activating group) is 1. The largest absolute Gasteiger partial charge is 0.492 e. The van der Waals surface area contributed by atoms with Gasteiger partial charge >= 0.3 is 0 Å². The average Bonchev–Trinajstić information content (AvgIpc) is 3.02. The van der Waals surface area contributed by atoms with Crippen LogP contribution >= 0.6 is 0 Å². The summed E-state index contributed by atoms with van der Waals surface area (Å²) in [5.41, 5.74) is 2.32. The van der Waals surface area contributed by atoms with Crippen LogP contribution in [0.1, 0.15) is 44.6 Å². The number of benzene rings is 1. The van der Waals surface area contributed by atoms with Crippen molar-refractivity contribution in [3.63, 3.8) is 0 Å². The molecule has 0 amide bonds. The van der Waals surface area contributed by atoms with E-state index in [2.05, 4.69) is 39.2 Å². The van der Waals surface area contributed by atoms with Crippen molar-refractivity contribution in [2.45, 2.75) is 45.4 Å². The van der Waals surface area contributed by atoms with Crippen molar-refractivity contribution in [2.75, 3.05) is 57.3 Å². The smallest absolute Gasteiger partial charge is 0.161 e. The van der Waals surface area contributed by atoms with Crippen LogP contribution in [0.4, 0.5) is 5.82 Å². The molecule has 3 heterocycles. The number of hydrogen-bond donors (Lipinski definition) is 1. The molecule has 2 aromatic rings. The fourth-order valence-corrected chi connectivity index (χ4v) is 4.53. The van der Waals surface area contributed by atoms with E-state index >= 15 is 0 Å². The summed E-state index contributed by atoms with van der Waals surface area (Å²) in [6.07, 6.45) is 9.81. The second-order valence-electron chi connectivity index (χ2n) is 8.62. The number of aromatic nitrogens is 2. The first kappa shape index (κ1) is 22.0. The van der Waals surface area contributed by atoms with Crippen LogP contribution in [-0.4, -0.2) is 67.3 Å². The van der Waals surface area contributed by atoms with E-state index < -0.39 is 0 Å². The van der Waals surface area contributed by atoms with E-state index in [9.17, 15) is 0 Å². The molecule has 2 aliphatic heterocycles. The number of nitrogens with one attached hydrogen (secondary N) is 1. The number of ether oxygens (including phenoxy) is 1. The first-order chi connectivity index (χ1) is 15.3. The summed E-state index contributed by atoms with van der Waals surface area (Å²) in [7, 11) is 0. The van der Waals surface area contributed by atoms with Crippen LogP contribution in [0.25, 0.3) is 11.4 Å². The van der Waals surface area contributed by atoms with Crippen LogP contribution in [0.2, 0.25) is 0 Å². The molecule has 31 heavy (non-hydrogen) atoms. The normalized spacial score (nSPS) is 16.9. The van der Waals surface area contributed by atoms with Gasteiger partial charge in [0.05, 0.1) is 0 Å². The molecule has 6 heteroatoms. The standard InChI is InChI=1S/C25H37N5O/c1-2-26-13-19-31-23-10-8-21(9-11-23)24-27-20-22-12-18-30(25(22)28-24)17-7-16-29-14-5-3-4-6-15-29/h8-11,20,26H,2-7,12-19H2,1H3. The molecule has 1 saturated heterocycles. The summed E-state index contributed by atoms with van der Waals surface area (Å²) in [4.78, 5) is 14.7. The van der Waals surface area contributed by atoms with Crippen LogP contribution in [0.15, 0.2) is 30.5 Å². The van der Waals surface area contributed by atoms with E-state index in [1.54, 1.807) is 0 Å². The van der Waals surface area contributed by atoms with Gasteiger partial charge in [-0.2, -0.15) is 0 Å². The molecule has 1 fully saturated rings. The second-order valence-corrected chi connectivity index (χ2v) is 8.62. The molecule has 6 nitrogen and oxygen atoms in total. The molecular formula is C25H37N5O. The number of anilines is 1. The van der Waals surface area contributed by atoms with E-state index in [-0.39, 0.29) is 0 Å². The summed E-state index contributed by atoms with van der Waals surface area (Å²) in [5.74, 6) is 2.82. The van der Waals surface area contributed by atoms with Crippen molar-refractivity contribution < 1.29 is 4.74 Å². The van der Waals surface area contributed by atoms with Crippen molar-refractivity contribution in [1.29, 1.82) is 0 Å². The lowest BCUT2D eigenvalue weighted by Crippen LogP contribution is -2.30. The summed E-state index contributed by atoms with van der Waals surface area (Å²) in [6, 6.07) is 8.14. The Morgan fingerprint density at radius 3 is 2.58 bits per heavy atom. The molecule has 168 valence electrons. The third-order valence-electron chi connectivity index (χ3n) is 6.30. The third kappa shape index (κ3) is 6.17. The minimum Gasteiger partial charge on any atom is -0.492 e. The molecule has 1 aromatic carbocycles. The summed E-state index contributed by atoms with van der Waals surface area (Å²) < 4.78 is 5.78. The Balaban J connectivity index is 1.33. The molecule has 0 unspecified atom stereocenters. The Kier molecular flexibility index (Phi) is 8.13. The minimum atomic E-state index is 0.676. The summed E-state index contributed by atoms with van der Waals surface area (Å²) in [6.45, 7) is 10.5. The van der Waals surface area contributed by atoms with Crippen LogP contribution in [0.5, 0.6) is 5.75 Å². The van der Waals surface area contributed by atoms with Gasteiger partial charge in [-0.15, -0.1) is 0 Å². The molecule has 0 atom stereocenters. The van der Waals surface area contributed by atoms with Gasteiger partial charge in [0.25, 0.3) is 0 Å². The maximum Gasteiger partial charge on any atom is 0.161 e. The molecular weight excluding hydrogens is 386 g/mol. The minimum absolute atomic E-state index is 0.676. The lowest BCUT2D eigenvalue weighted by Gasteiger charge is -2.23. The summed E-state index contributed by atoms with van der Waals surface area (Å²) in [5, 5.41) is 3.27. The highest BCUT2D eigenvalue weighted by Gasteiger charge is 2.22. The third-order valence-corrected chi connectivity index (χ3v) is 6.30. The van der Waals surface area contributed by atoms with Crippen molar-refractivity contribution in [3.8, 4) is 17.1 Å². The van der Waals surface area contributed by atoms with Gasteiger partial charge in [0.2, 0.25) is 0 Å². The van der Waals surface area contributed by atoms with Crippen molar-refractivity contribution in [1.82, 2.24) is 20.2 Å². The predicted octanol–water partition coefficient (Wildman–Crippen LogP) is 3.76. The molecule has 1 N–H and O–H groups in total. The van der Waals surface area contributed by atoms with Gasteiger partial charge in [-0.05, 0) is 76.1 Å². The Morgan fingerprint density at radius 1 is 1.00 bits per heavy atom. The number of rotatable bonds is 10. The van der Waals surface area contributed by atoms with Crippen molar-refractivity contribution in [2.24, 2.45) is 0 Å². The zero-order valence-corrected chi connectivity index (χ0v) is 19.0. The van der Waals surface area contributed by atoms with Gasteiger partial charge in [0, 0.05) is 37.0 Å². The molecule has 0 radical (unpaired) electrons. The lowest BCUT2D eigenvalue weighted by molar-refractivity contribution is 0.282. The Hall–Kier alpha value is -2.18. The zero-order chi connectivity index (χ0) is 21.3. The zero-order valence-electron chi connectivity index (χ0n) is 19.0. The Morgan fingerprint density at radius 2 is 1.81 bits per heavy atom. The van der Waals surface area contributed by atoms with Gasteiger partial charge < -0.3 is 19.9 Å². The molecule has 2 aliphatic rings. The highest BCUT2D eigenvalue weighted by atomic mass is 16.5. The number of hydrogen-bond acceptors (Lipinski definition) is 6. The topological polar surface area (TPSA) is 53.5 Å². The molecule has 1 aromatic heterocycles. The van der Waals surface area contributed by atoms with E-state index in [4.69, 9.17) is 9.72 Å². The molecule has 0 saturated carbocycles. The quantitative estimate of drug-likeness (QED) is 0.587. The SMILES string of the molecule is CCNCCOc1ccc(-c2ncc3c(n2)N(CCCN2CCCCCC2)CC3)cc1. The van der Waals surface area contributed by atoms with E-state index in [0.29, 0.717) is 6.61 Å². The Labute approximate surface area is 187 Å². The maximum atomic E-state index is 5.78. The van der Waals surface area contributed by atoms with Crippen LogP contribution in [0, 0.1) is 0 Å². The summed E-state index contributed by atoms with van der Waals surface area (Å²) >= 11 is 0. The molecule has 0 spiro atoms. The van der Waals surface area contributed by atoms with Gasteiger partial charge in [-0.3, -0.25) is 0 Å². The second kappa shape index (κ2) is 11.4. The van der Waals surface area contributed by atoms with Gasteiger partial charge in [0.15, 0.2) is 5.82 Å². The lowest BCUT2D eigenvalue weighted by atomic mass is 10.2. The highest BCUT2D eigenvalue weighted by Crippen LogP contribution is 2.28. The van der Waals surface area contributed by atoms with Gasteiger partial charge in [-0.25, -0.2) is 9.97 Å². The Bertz CT molecular complexity index is 802. The van der Waals surface area contributed by atoms with E-state index in [1.165, 1.54) is 57.3 Å². The first-order valence-electron chi connectivity index (χ1n) is 12.1. The maximum absolute atomic E-state index is 5.78. The number of fused-ring (bicyclic) bond motifs is 1. The molecule has 4 rings (SSSR count). The van der Waals surface area contributed by atoms with E-state index in [0.717, 1.165) is 55.6 Å². The van der Waals surface area contributed by atoms with Crippen LogP contribution in [0.3, 0.4) is 0 Å². The monoisotopic (exact) mass is 423 g/mol. The van der Waals surface area contributed by atoms with Gasteiger partial charge in [0.1, 0.15) is 18.2 Å². The van der Waals surface area contributed by atoms with E-state index in [1.807, 2.05) is 18.3 Å².